The Balaban J connectivity index is 3.04. The van der Waals surface area contributed by atoms with Crippen molar-refractivity contribution in [2.75, 3.05) is 0 Å². The highest BCUT2D eigenvalue weighted by atomic mass is 35.5. The lowest BCUT2D eigenvalue weighted by Crippen LogP contribution is -1.93. The molecule has 2 rings (SSSR count). The van der Waals surface area contributed by atoms with Gasteiger partial charge < -0.3 is 0 Å². The summed E-state index contributed by atoms with van der Waals surface area (Å²) in [5.74, 6) is -1.20. The molecule has 0 bridgehead atoms. The van der Waals surface area contributed by atoms with Crippen molar-refractivity contribution in [2.45, 2.75) is 6.92 Å². The van der Waals surface area contributed by atoms with Crippen molar-refractivity contribution in [1.82, 2.24) is 4.98 Å². The van der Waals surface area contributed by atoms with Crippen LogP contribution in [-0.2, 0) is 0 Å². The van der Waals surface area contributed by atoms with Crippen LogP contribution in [0.4, 0.5) is 8.78 Å². The van der Waals surface area contributed by atoms with Crippen molar-refractivity contribution >= 4 is 34.1 Å². The summed E-state index contributed by atoms with van der Waals surface area (Å²) in [6.07, 6.45) is 1.20. The minimum atomic E-state index is -0.609. The third kappa shape index (κ3) is 1.56. The number of fused-ring (bicyclic) bond motifs is 1. The molecule has 2 aromatic rings. The molecule has 1 aromatic carbocycles. The number of aryl methyl sites for hydroxylation is 1. The molecule has 1 nitrogen and oxygen atoms in total. The Labute approximate surface area is 94.6 Å². The Morgan fingerprint density at radius 2 is 1.93 bits per heavy atom. The second kappa shape index (κ2) is 3.58. The van der Waals surface area contributed by atoms with Crippen LogP contribution >= 0.6 is 23.2 Å². The first-order chi connectivity index (χ1) is 7.02. The summed E-state index contributed by atoms with van der Waals surface area (Å²) >= 11 is 11.5. The number of hydrogen-bond donors (Lipinski definition) is 0. The highest BCUT2D eigenvalue weighted by Crippen LogP contribution is 2.33. The van der Waals surface area contributed by atoms with Crippen LogP contribution in [0.5, 0.6) is 0 Å². The van der Waals surface area contributed by atoms with Crippen molar-refractivity contribution in [3.05, 3.63) is 39.5 Å². The monoisotopic (exact) mass is 247 g/mol. The van der Waals surface area contributed by atoms with E-state index in [4.69, 9.17) is 23.2 Å². The molecule has 15 heavy (non-hydrogen) atoms. The van der Waals surface area contributed by atoms with Gasteiger partial charge in [0.25, 0.3) is 0 Å². The maximum atomic E-state index is 13.7. The first kappa shape index (κ1) is 10.6. The van der Waals surface area contributed by atoms with Gasteiger partial charge in [0.05, 0.1) is 15.4 Å². The Morgan fingerprint density at radius 3 is 2.60 bits per heavy atom. The number of rotatable bonds is 0. The van der Waals surface area contributed by atoms with E-state index in [1.165, 1.54) is 13.1 Å². The highest BCUT2D eigenvalue weighted by molar-refractivity contribution is 6.45. The molecule has 5 heteroatoms. The normalized spacial score (nSPS) is 11.0. The summed E-state index contributed by atoms with van der Waals surface area (Å²) in [7, 11) is 0. The van der Waals surface area contributed by atoms with Gasteiger partial charge in [-0.25, -0.2) is 8.78 Å². The second-order valence-electron chi connectivity index (χ2n) is 3.13. The predicted octanol–water partition coefficient (Wildman–Crippen LogP) is 4.13. The predicted molar refractivity (Wildman–Crippen MR) is 56.4 cm³/mol. The molecule has 1 aromatic heterocycles. The number of aromatic nitrogens is 1. The van der Waals surface area contributed by atoms with E-state index in [1.807, 2.05) is 0 Å². The average Bonchev–Trinajstić information content (AvgIpc) is 2.19. The fraction of sp³-hybridized carbons (Fsp3) is 0.100. The molecule has 1 heterocycles. The van der Waals surface area contributed by atoms with Gasteiger partial charge in [-0.2, -0.15) is 0 Å². The average molecular weight is 248 g/mol. The first-order valence-electron chi connectivity index (χ1n) is 4.10. The molecule has 0 aliphatic rings. The van der Waals surface area contributed by atoms with Crippen LogP contribution in [0.3, 0.4) is 0 Å². The molecular formula is C10H5Cl2F2N. The molecule has 0 amide bonds. The number of benzene rings is 1. The molecule has 78 valence electrons. The second-order valence-corrected chi connectivity index (χ2v) is 3.92. The van der Waals surface area contributed by atoms with Gasteiger partial charge in [0.2, 0.25) is 0 Å². The molecule has 0 aliphatic heterocycles. The minimum Gasteiger partial charge on any atom is -0.251 e. The van der Waals surface area contributed by atoms with E-state index in [0.717, 1.165) is 6.07 Å². The van der Waals surface area contributed by atoms with Crippen LogP contribution in [0, 0.1) is 18.6 Å². The van der Waals surface area contributed by atoms with Crippen LogP contribution in [0.2, 0.25) is 10.0 Å². The van der Waals surface area contributed by atoms with E-state index in [2.05, 4.69) is 4.98 Å². The molecule has 0 unspecified atom stereocenters. The molecule has 0 fully saturated rings. The van der Waals surface area contributed by atoms with Gasteiger partial charge in [0.15, 0.2) is 0 Å². The molecule has 0 aliphatic carbocycles. The lowest BCUT2D eigenvalue weighted by atomic mass is 10.1. The summed E-state index contributed by atoms with van der Waals surface area (Å²) in [4.78, 5) is 3.71. The van der Waals surface area contributed by atoms with Crippen molar-refractivity contribution < 1.29 is 8.78 Å². The lowest BCUT2D eigenvalue weighted by Gasteiger charge is -2.06. The van der Waals surface area contributed by atoms with Crippen molar-refractivity contribution in [1.29, 1.82) is 0 Å². The number of pyridine rings is 1. The number of nitrogens with zero attached hydrogens (tertiary/aromatic N) is 1. The third-order valence-corrected chi connectivity index (χ3v) is 2.88. The number of hydrogen-bond acceptors (Lipinski definition) is 1. The molecule has 0 atom stereocenters. The van der Waals surface area contributed by atoms with E-state index >= 15 is 0 Å². The van der Waals surface area contributed by atoms with Gasteiger partial charge in [-0.05, 0) is 18.6 Å². The maximum Gasteiger partial charge on any atom is 0.149 e. The SMILES string of the molecule is Cc1cc(F)c2ncc(Cl)c(Cl)c2c1F. The van der Waals surface area contributed by atoms with E-state index in [-0.39, 0.29) is 26.5 Å². The molecule has 0 spiro atoms. The van der Waals surface area contributed by atoms with Crippen LogP contribution in [0.25, 0.3) is 10.9 Å². The van der Waals surface area contributed by atoms with Crippen LogP contribution in [-0.4, -0.2) is 4.98 Å². The summed E-state index contributed by atoms with van der Waals surface area (Å²) in [5, 5.41) is 0.0245. The zero-order valence-electron chi connectivity index (χ0n) is 7.61. The summed E-state index contributed by atoms with van der Waals surface area (Å²) < 4.78 is 27.1. The van der Waals surface area contributed by atoms with Gasteiger partial charge in [-0.15, -0.1) is 0 Å². The molecule has 0 N–H and O–H groups in total. The first-order valence-corrected chi connectivity index (χ1v) is 4.86. The zero-order chi connectivity index (χ0) is 11.2. The van der Waals surface area contributed by atoms with Gasteiger partial charge in [-0.3, -0.25) is 4.98 Å². The van der Waals surface area contributed by atoms with E-state index in [0.29, 0.717) is 0 Å². The highest BCUT2D eigenvalue weighted by Gasteiger charge is 2.15. The molecule has 0 radical (unpaired) electrons. The van der Waals surface area contributed by atoms with Gasteiger partial charge in [-0.1, -0.05) is 23.2 Å². The van der Waals surface area contributed by atoms with Crippen LogP contribution in [0.1, 0.15) is 5.56 Å². The van der Waals surface area contributed by atoms with E-state index in [1.54, 1.807) is 0 Å². The topological polar surface area (TPSA) is 12.9 Å². The standard InChI is InChI=1S/C10H5Cl2F2N/c1-4-2-6(13)10-7(9(4)14)8(12)5(11)3-15-10/h2-3H,1H3. The van der Waals surface area contributed by atoms with Crippen molar-refractivity contribution in [3.8, 4) is 0 Å². The smallest absolute Gasteiger partial charge is 0.149 e. The fourth-order valence-electron chi connectivity index (χ4n) is 1.37. The third-order valence-electron chi connectivity index (χ3n) is 2.11. The maximum absolute atomic E-state index is 13.7. The fourth-order valence-corrected chi connectivity index (χ4v) is 1.73. The Hall–Kier alpha value is -0.930. The summed E-state index contributed by atoms with van der Waals surface area (Å²) in [6.45, 7) is 1.45. The molecular weight excluding hydrogens is 243 g/mol. The molecule has 0 saturated heterocycles. The summed E-state index contributed by atoms with van der Waals surface area (Å²) in [6, 6.07) is 1.08. The minimum absolute atomic E-state index is 0.0123. The van der Waals surface area contributed by atoms with E-state index in [9.17, 15) is 8.78 Å². The molecule has 0 saturated carbocycles. The zero-order valence-corrected chi connectivity index (χ0v) is 9.13. The Bertz CT molecular complexity index is 547. The van der Waals surface area contributed by atoms with E-state index < -0.39 is 11.6 Å². The van der Waals surface area contributed by atoms with Crippen LogP contribution < -0.4 is 0 Å². The van der Waals surface area contributed by atoms with Crippen LogP contribution in [0.15, 0.2) is 12.3 Å². The van der Waals surface area contributed by atoms with Gasteiger partial charge >= 0.3 is 0 Å². The Kier molecular flexibility index (Phi) is 2.52. The van der Waals surface area contributed by atoms with Gasteiger partial charge in [0.1, 0.15) is 17.2 Å². The van der Waals surface area contributed by atoms with Crippen molar-refractivity contribution in [3.63, 3.8) is 0 Å². The quantitative estimate of drug-likeness (QED) is 0.683. The van der Waals surface area contributed by atoms with Crippen molar-refractivity contribution in [2.24, 2.45) is 0 Å². The lowest BCUT2D eigenvalue weighted by molar-refractivity contribution is 0.608. The summed E-state index contributed by atoms with van der Waals surface area (Å²) in [5.41, 5.74) is 0.0680. The Morgan fingerprint density at radius 1 is 1.27 bits per heavy atom. The number of halogens is 4. The van der Waals surface area contributed by atoms with Gasteiger partial charge in [0, 0.05) is 6.20 Å². The largest absolute Gasteiger partial charge is 0.251 e.